The van der Waals surface area contributed by atoms with Gasteiger partial charge in [0, 0.05) is 25.6 Å². The summed E-state index contributed by atoms with van der Waals surface area (Å²) in [6, 6.07) is 15.4. The maximum Gasteiger partial charge on any atom is 0.317 e. The normalized spacial score (nSPS) is 19.1. The summed E-state index contributed by atoms with van der Waals surface area (Å²) in [6.45, 7) is 2.30. The molecular formula is C21H24N2O5S. The molecule has 0 spiro atoms. The molecule has 0 aromatic heterocycles. The van der Waals surface area contributed by atoms with E-state index in [1.165, 1.54) is 17.0 Å². The van der Waals surface area contributed by atoms with Gasteiger partial charge in [-0.15, -0.1) is 0 Å². The molecule has 29 heavy (non-hydrogen) atoms. The largest absolute Gasteiger partial charge is 0.481 e. The number of nitrogens with zero attached hydrogens (tertiary/aromatic N) is 1. The van der Waals surface area contributed by atoms with Crippen LogP contribution in [0, 0.1) is 5.92 Å². The molecule has 1 aliphatic heterocycles. The molecular weight excluding hydrogens is 392 g/mol. The maximum atomic E-state index is 12.6. The molecule has 8 heteroatoms. The summed E-state index contributed by atoms with van der Waals surface area (Å²) in [7, 11) is -3.26. The van der Waals surface area contributed by atoms with E-state index in [9.17, 15) is 23.1 Å². The Labute approximate surface area is 170 Å². The van der Waals surface area contributed by atoms with Gasteiger partial charge in [0.25, 0.3) is 0 Å². The molecule has 154 valence electrons. The van der Waals surface area contributed by atoms with Gasteiger partial charge in [-0.05, 0) is 23.3 Å². The number of nitrogens with one attached hydrogen (secondary N) is 1. The van der Waals surface area contributed by atoms with Crippen molar-refractivity contribution in [2.45, 2.75) is 24.3 Å². The van der Waals surface area contributed by atoms with E-state index in [1.807, 2.05) is 30.3 Å². The number of sulfone groups is 1. The van der Waals surface area contributed by atoms with Crippen LogP contribution in [0.3, 0.4) is 0 Å². The highest BCUT2D eigenvalue weighted by Gasteiger charge is 2.40. The van der Waals surface area contributed by atoms with Crippen molar-refractivity contribution < 1.29 is 23.1 Å². The van der Waals surface area contributed by atoms with Crippen LogP contribution >= 0.6 is 0 Å². The van der Waals surface area contributed by atoms with E-state index in [2.05, 4.69) is 5.32 Å². The summed E-state index contributed by atoms with van der Waals surface area (Å²) in [5, 5.41) is 12.3. The van der Waals surface area contributed by atoms with Crippen molar-refractivity contribution in [1.82, 2.24) is 10.2 Å². The van der Waals surface area contributed by atoms with Crippen LogP contribution in [0.2, 0.25) is 0 Å². The lowest BCUT2D eigenvalue weighted by Crippen LogP contribution is -2.38. The highest BCUT2D eigenvalue weighted by Crippen LogP contribution is 2.32. The Bertz CT molecular complexity index is 974. The van der Waals surface area contributed by atoms with E-state index < -0.39 is 21.7 Å². The van der Waals surface area contributed by atoms with Crippen molar-refractivity contribution in [2.75, 3.05) is 18.8 Å². The quantitative estimate of drug-likeness (QED) is 0.753. The van der Waals surface area contributed by atoms with Crippen LogP contribution in [0.1, 0.15) is 24.0 Å². The zero-order chi connectivity index (χ0) is 21.0. The third-order valence-electron chi connectivity index (χ3n) is 5.26. The van der Waals surface area contributed by atoms with Crippen molar-refractivity contribution >= 4 is 21.8 Å². The van der Waals surface area contributed by atoms with Gasteiger partial charge in [0.1, 0.15) is 0 Å². The number of hydrogen-bond donors (Lipinski definition) is 2. The maximum absolute atomic E-state index is 12.6. The third kappa shape index (κ3) is 4.76. The zero-order valence-electron chi connectivity index (χ0n) is 16.1. The number of likely N-dealkylation sites (tertiary alicyclic amines) is 1. The van der Waals surface area contributed by atoms with Crippen LogP contribution in [-0.2, 0) is 21.2 Å². The molecule has 1 fully saturated rings. The fourth-order valence-electron chi connectivity index (χ4n) is 3.53. The summed E-state index contributed by atoms with van der Waals surface area (Å²) in [5.41, 5.74) is 1.67. The van der Waals surface area contributed by atoms with Crippen molar-refractivity contribution in [3.63, 3.8) is 0 Å². The third-order valence-corrected chi connectivity index (χ3v) is 7.01. The van der Waals surface area contributed by atoms with Crippen LogP contribution in [0.4, 0.5) is 4.79 Å². The second-order valence-corrected chi connectivity index (χ2v) is 9.35. The highest BCUT2D eigenvalue weighted by molar-refractivity contribution is 7.91. The number of carbonyl (C=O) groups excluding carboxylic acids is 1. The predicted molar refractivity (Wildman–Crippen MR) is 108 cm³/mol. The average molecular weight is 416 g/mol. The van der Waals surface area contributed by atoms with Gasteiger partial charge >= 0.3 is 12.0 Å². The molecule has 2 amide bonds. The van der Waals surface area contributed by atoms with Crippen LogP contribution in [-0.4, -0.2) is 49.3 Å². The molecule has 1 aliphatic rings. The fourth-order valence-corrected chi connectivity index (χ4v) is 4.41. The summed E-state index contributed by atoms with van der Waals surface area (Å²) in [4.78, 5) is 26.0. The van der Waals surface area contributed by atoms with Gasteiger partial charge in [-0.25, -0.2) is 13.2 Å². The number of amides is 2. The number of urea groups is 1. The second kappa shape index (κ2) is 8.65. The molecule has 0 aliphatic carbocycles. The molecule has 7 nitrogen and oxygen atoms in total. The van der Waals surface area contributed by atoms with Crippen LogP contribution < -0.4 is 5.32 Å². The van der Waals surface area contributed by atoms with Gasteiger partial charge in [0.05, 0.1) is 16.6 Å². The van der Waals surface area contributed by atoms with Crippen molar-refractivity contribution in [3.8, 4) is 0 Å². The van der Waals surface area contributed by atoms with E-state index >= 15 is 0 Å². The monoisotopic (exact) mass is 416 g/mol. The number of carboxylic acid groups (broad SMARTS) is 1. The van der Waals surface area contributed by atoms with Crippen molar-refractivity contribution in [1.29, 1.82) is 0 Å². The minimum absolute atomic E-state index is 0.0331. The Hall–Kier alpha value is -2.87. The van der Waals surface area contributed by atoms with Gasteiger partial charge in [0.15, 0.2) is 9.84 Å². The van der Waals surface area contributed by atoms with Crippen LogP contribution in [0.5, 0.6) is 0 Å². The molecule has 1 saturated heterocycles. The van der Waals surface area contributed by atoms with Crippen molar-refractivity contribution in [3.05, 3.63) is 65.7 Å². The van der Waals surface area contributed by atoms with Crippen LogP contribution in [0.15, 0.2) is 59.5 Å². The Morgan fingerprint density at radius 2 is 1.72 bits per heavy atom. The summed E-state index contributed by atoms with van der Waals surface area (Å²) in [6.07, 6.45) is 0. The first kappa shape index (κ1) is 20.9. The minimum Gasteiger partial charge on any atom is -0.481 e. The predicted octanol–water partition coefficient (Wildman–Crippen LogP) is 2.49. The van der Waals surface area contributed by atoms with E-state index in [0.29, 0.717) is 6.54 Å². The summed E-state index contributed by atoms with van der Waals surface area (Å²) < 4.78 is 23.7. The Balaban J connectivity index is 1.63. The molecule has 1 heterocycles. The molecule has 0 radical (unpaired) electrons. The van der Waals surface area contributed by atoms with Gasteiger partial charge in [-0.1, -0.05) is 49.4 Å². The molecule has 0 saturated carbocycles. The lowest BCUT2D eigenvalue weighted by Gasteiger charge is -2.17. The number of carboxylic acids is 1. The Morgan fingerprint density at radius 3 is 2.31 bits per heavy atom. The number of hydrogen-bond acceptors (Lipinski definition) is 4. The molecule has 3 rings (SSSR count). The second-order valence-electron chi connectivity index (χ2n) is 7.07. The van der Waals surface area contributed by atoms with Crippen LogP contribution in [0.25, 0.3) is 0 Å². The lowest BCUT2D eigenvalue weighted by molar-refractivity contribution is -0.141. The van der Waals surface area contributed by atoms with Gasteiger partial charge in [-0.2, -0.15) is 0 Å². The molecule has 0 bridgehead atoms. The molecule has 2 aromatic carbocycles. The molecule has 2 unspecified atom stereocenters. The smallest absolute Gasteiger partial charge is 0.317 e. The Kier molecular flexibility index (Phi) is 6.22. The Morgan fingerprint density at radius 1 is 1.07 bits per heavy atom. The highest BCUT2D eigenvalue weighted by atomic mass is 32.2. The molecule has 2 atom stereocenters. The van der Waals surface area contributed by atoms with E-state index in [0.717, 1.165) is 11.1 Å². The first-order valence-corrected chi connectivity index (χ1v) is 11.1. The standard InChI is InChI=1S/C21H24N2O5S/c1-2-29(27,28)17-10-8-15(9-11-17)12-22-21(26)23-13-18(19(14-23)20(24)25)16-6-4-3-5-7-16/h3-11,18-19H,2,12-14H2,1H3,(H,22,26)(H,24,25). The number of carbonyl (C=O) groups is 2. The van der Waals surface area contributed by atoms with E-state index in [1.54, 1.807) is 19.1 Å². The zero-order valence-corrected chi connectivity index (χ0v) is 16.9. The van der Waals surface area contributed by atoms with E-state index in [-0.39, 0.29) is 35.7 Å². The van der Waals surface area contributed by atoms with Crippen molar-refractivity contribution in [2.24, 2.45) is 5.92 Å². The average Bonchev–Trinajstić information content (AvgIpc) is 3.19. The number of aliphatic carboxylic acids is 1. The summed E-state index contributed by atoms with van der Waals surface area (Å²) in [5.74, 6) is -1.78. The number of rotatable bonds is 6. The topological polar surface area (TPSA) is 104 Å². The number of benzene rings is 2. The van der Waals surface area contributed by atoms with E-state index in [4.69, 9.17) is 0 Å². The first-order valence-electron chi connectivity index (χ1n) is 9.44. The minimum atomic E-state index is -3.26. The first-order chi connectivity index (χ1) is 13.8. The van der Waals surface area contributed by atoms with Gasteiger partial charge in [-0.3, -0.25) is 4.79 Å². The van der Waals surface area contributed by atoms with Gasteiger partial charge < -0.3 is 15.3 Å². The fraction of sp³-hybridized carbons (Fsp3) is 0.333. The molecule has 2 aromatic rings. The summed E-state index contributed by atoms with van der Waals surface area (Å²) >= 11 is 0. The SMILES string of the molecule is CCS(=O)(=O)c1ccc(CNC(=O)N2CC(C(=O)O)C(c3ccccc3)C2)cc1. The van der Waals surface area contributed by atoms with Gasteiger partial charge in [0.2, 0.25) is 0 Å². The molecule has 2 N–H and O–H groups in total. The lowest BCUT2D eigenvalue weighted by atomic mass is 9.89.